The van der Waals surface area contributed by atoms with E-state index in [-0.39, 0.29) is 10.6 Å². The summed E-state index contributed by atoms with van der Waals surface area (Å²) in [6, 6.07) is 11.9. The maximum Gasteiger partial charge on any atom is 0.339 e. The number of nitrogens with zero attached hydrogens (tertiary/aromatic N) is 1. The molecule has 2 heterocycles. The molecule has 1 atom stereocenters. The van der Waals surface area contributed by atoms with Gasteiger partial charge in [-0.05, 0) is 25.1 Å². The molecule has 0 N–H and O–H groups in total. The molecule has 2 aliphatic rings. The lowest BCUT2D eigenvalue weighted by molar-refractivity contribution is -0.112. The number of nitriles is 1. The summed E-state index contributed by atoms with van der Waals surface area (Å²) in [5.74, 6) is 0.512. The van der Waals surface area contributed by atoms with Gasteiger partial charge in [0.1, 0.15) is 11.0 Å². The van der Waals surface area contributed by atoms with Crippen molar-refractivity contribution in [3.63, 3.8) is 0 Å². The molecule has 0 amide bonds. The van der Waals surface area contributed by atoms with E-state index in [2.05, 4.69) is 6.07 Å². The SMILES string of the molecule is Cc1ccc(S(=O)(=O)Oc2ccc(C3(C#N)CCO3)c3c2OCC3)cc1. The van der Waals surface area contributed by atoms with Crippen molar-refractivity contribution in [2.24, 2.45) is 0 Å². The monoisotopic (exact) mass is 371 g/mol. The van der Waals surface area contributed by atoms with Crippen molar-refractivity contribution in [1.82, 2.24) is 0 Å². The van der Waals surface area contributed by atoms with Crippen molar-refractivity contribution >= 4 is 10.1 Å². The lowest BCUT2D eigenvalue weighted by atomic mass is 9.84. The molecule has 1 saturated heterocycles. The zero-order valence-corrected chi connectivity index (χ0v) is 15.0. The fourth-order valence-corrected chi connectivity index (χ4v) is 4.18. The number of rotatable bonds is 4. The Kier molecular flexibility index (Phi) is 3.90. The lowest BCUT2D eigenvalue weighted by Crippen LogP contribution is -2.40. The molecule has 6 nitrogen and oxygen atoms in total. The van der Waals surface area contributed by atoms with Gasteiger partial charge in [0.05, 0.1) is 13.2 Å². The van der Waals surface area contributed by atoms with Crippen LogP contribution in [0.2, 0.25) is 0 Å². The van der Waals surface area contributed by atoms with Gasteiger partial charge in [-0.25, -0.2) is 0 Å². The summed E-state index contributed by atoms with van der Waals surface area (Å²) in [5, 5.41) is 9.51. The van der Waals surface area contributed by atoms with Crippen LogP contribution in [0.15, 0.2) is 41.3 Å². The van der Waals surface area contributed by atoms with E-state index >= 15 is 0 Å². The van der Waals surface area contributed by atoms with Crippen LogP contribution in [0.3, 0.4) is 0 Å². The Morgan fingerprint density at radius 1 is 1.15 bits per heavy atom. The van der Waals surface area contributed by atoms with Gasteiger partial charge in [0.15, 0.2) is 17.1 Å². The summed E-state index contributed by atoms with van der Waals surface area (Å²) in [4.78, 5) is 0.0785. The highest BCUT2D eigenvalue weighted by Crippen LogP contribution is 2.46. The van der Waals surface area contributed by atoms with E-state index in [4.69, 9.17) is 13.7 Å². The lowest BCUT2D eigenvalue weighted by Gasteiger charge is -2.37. The van der Waals surface area contributed by atoms with Gasteiger partial charge in [0.2, 0.25) is 0 Å². The topological polar surface area (TPSA) is 85.6 Å². The Hall–Kier alpha value is -2.56. The molecule has 26 heavy (non-hydrogen) atoms. The quantitative estimate of drug-likeness (QED) is 0.768. The standard InChI is InChI=1S/C19H17NO5S/c1-13-2-4-14(5-3-13)26(21,22)25-17-7-6-16(15-8-10-23-18(15)17)19(12-20)9-11-24-19/h2-7H,8-11H2,1H3. The molecular formula is C19H17NO5S. The van der Waals surface area contributed by atoms with Gasteiger partial charge < -0.3 is 13.7 Å². The van der Waals surface area contributed by atoms with E-state index in [1.54, 1.807) is 18.2 Å². The predicted molar refractivity (Wildman–Crippen MR) is 92.5 cm³/mol. The molecule has 0 aliphatic carbocycles. The highest BCUT2D eigenvalue weighted by molar-refractivity contribution is 7.87. The molecule has 2 aromatic carbocycles. The highest BCUT2D eigenvalue weighted by atomic mass is 32.2. The van der Waals surface area contributed by atoms with Gasteiger partial charge in [-0.15, -0.1) is 0 Å². The summed E-state index contributed by atoms with van der Waals surface area (Å²) >= 11 is 0. The fraction of sp³-hybridized carbons (Fsp3) is 0.316. The van der Waals surface area contributed by atoms with E-state index < -0.39 is 15.7 Å². The van der Waals surface area contributed by atoms with Crippen molar-refractivity contribution in [2.75, 3.05) is 13.2 Å². The van der Waals surface area contributed by atoms with E-state index in [1.807, 2.05) is 6.92 Å². The summed E-state index contributed by atoms with van der Waals surface area (Å²) < 4.78 is 41.6. The Labute approximate surface area is 152 Å². The number of hydrogen-bond acceptors (Lipinski definition) is 6. The van der Waals surface area contributed by atoms with Crippen LogP contribution in [0.25, 0.3) is 0 Å². The molecule has 2 aliphatic heterocycles. The second-order valence-electron chi connectivity index (χ2n) is 6.41. The summed E-state index contributed by atoms with van der Waals surface area (Å²) in [6.45, 7) is 2.82. The van der Waals surface area contributed by atoms with Gasteiger partial charge >= 0.3 is 10.1 Å². The molecule has 7 heteroatoms. The number of benzene rings is 2. The van der Waals surface area contributed by atoms with E-state index in [9.17, 15) is 13.7 Å². The van der Waals surface area contributed by atoms with Crippen LogP contribution in [0, 0.1) is 18.3 Å². The maximum absolute atomic E-state index is 12.6. The first-order valence-electron chi connectivity index (χ1n) is 8.31. The first-order valence-corrected chi connectivity index (χ1v) is 9.71. The summed E-state index contributed by atoms with van der Waals surface area (Å²) in [7, 11) is -3.97. The smallest absolute Gasteiger partial charge is 0.339 e. The minimum absolute atomic E-state index is 0.0785. The number of ether oxygens (including phenoxy) is 2. The molecule has 0 aromatic heterocycles. The molecule has 0 bridgehead atoms. The number of aryl methyl sites for hydroxylation is 1. The van der Waals surface area contributed by atoms with Crippen LogP contribution in [0.4, 0.5) is 0 Å². The maximum atomic E-state index is 12.6. The molecule has 4 rings (SSSR count). The molecule has 0 spiro atoms. The zero-order chi connectivity index (χ0) is 18.4. The van der Waals surface area contributed by atoms with Crippen molar-refractivity contribution in [1.29, 1.82) is 5.26 Å². The third-order valence-electron chi connectivity index (χ3n) is 4.75. The zero-order valence-electron chi connectivity index (χ0n) is 14.2. The Morgan fingerprint density at radius 2 is 1.88 bits per heavy atom. The van der Waals surface area contributed by atoms with Crippen LogP contribution in [-0.2, 0) is 26.9 Å². The predicted octanol–water partition coefficient (Wildman–Crippen LogP) is 2.84. The molecule has 1 unspecified atom stereocenters. The highest BCUT2D eigenvalue weighted by Gasteiger charge is 2.44. The molecule has 0 radical (unpaired) electrons. The molecule has 0 saturated carbocycles. The van der Waals surface area contributed by atoms with Gasteiger partial charge in [0.25, 0.3) is 0 Å². The average Bonchev–Trinajstić information content (AvgIpc) is 3.06. The first kappa shape index (κ1) is 16.9. The largest absolute Gasteiger partial charge is 0.489 e. The normalized spacial score (nSPS) is 21.2. The van der Waals surface area contributed by atoms with Gasteiger partial charge in [0, 0.05) is 24.0 Å². The summed E-state index contributed by atoms with van der Waals surface area (Å²) in [5.41, 5.74) is 1.51. The summed E-state index contributed by atoms with van der Waals surface area (Å²) in [6.07, 6.45) is 1.19. The van der Waals surface area contributed by atoms with Crippen LogP contribution in [0.5, 0.6) is 11.5 Å². The molecule has 2 aromatic rings. The number of hydrogen-bond donors (Lipinski definition) is 0. The third kappa shape index (κ3) is 2.62. The Morgan fingerprint density at radius 3 is 2.50 bits per heavy atom. The second kappa shape index (κ2) is 6.01. The van der Waals surface area contributed by atoms with Gasteiger partial charge in [-0.2, -0.15) is 13.7 Å². The molecular weight excluding hydrogens is 354 g/mol. The van der Waals surface area contributed by atoms with Crippen molar-refractivity contribution in [2.45, 2.75) is 30.3 Å². The van der Waals surface area contributed by atoms with E-state index in [1.165, 1.54) is 18.2 Å². The Balaban J connectivity index is 1.72. The van der Waals surface area contributed by atoms with Crippen LogP contribution >= 0.6 is 0 Å². The second-order valence-corrected chi connectivity index (χ2v) is 7.95. The average molecular weight is 371 g/mol. The molecule has 1 fully saturated rings. The molecule has 134 valence electrons. The fourth-order valence-electron chi connectivity index (χ4n) is 3.25. The van der Waals surface area contributed by atoms with E-state index in [0.717, 1.165) is 16.7 Å². The van der Waals surface area contributed by atoms with Crippen LogP contribution in [-0.4, -0.2) is 21.6 Å². The minimum Gasteiger partial charge on any atom is -0.489 e. The van der Waals surface area contributed by atoms with Crippen molar-refractivity contribution in [3.8, 4) is 17.6 Å². The minimum atomic E-state index is -3.97. The first-order chi connectivity index (χ1) is 12.5. The van der Waals surface area contributed by atoms with E-state index in [0.29, 0.717) is 31.8 Å². The Bertz CT molecular complexity index is 1000. The van der Waals surface area contributed by atoms with Crippen molar-refractivity contribution in [3.05, 3.63) is 53.1 Å². The third-order valence-corrected chi connectivity index (χ3v) is 6.00. The van der Waals surface area contributed by atoms with Crippen LogP contribution < -0.4 is 8.92 Å². The number of fused-ring (bicyclic) bond motifs is 1. The van der Waals surface area contributed by atoms with Crippen molar-refractivity contribution < 1.29 is 22.1 Å². The van der Waals surface area contributed by atoms with Gasteiger partial charge in [-0.1, -0.05) is 23.8 Å². The van der Waals surface area contributed by atoms with Gasteiger partial charge in [-0.3, -0.25) is 0 Å². The van der Waals surface area contributed by atoms with Crippen LogP contribution in [0.1, 0.15) is 23.1 Å².